The Morgan fingerprint density at radius 1 is 1.56 bits per heavy atom. The highest BCUT2D eigenvalue weighted by Crippen LogP contribution is 2.10. The molecule has 1 aromatic carbocycles. The number of halogens is 1. The summed E-state index contributed by atoms with van der Waals surface area (Å²) in [6, 6.07) is 4.43. The normalized spacial score (nSPS) is 18.6. The molecule has 96 valence electrons. The molecule has 2 N–H and O–H groups in total. The minimum Gasteiger partial charge on any atom is -0.352 e. The number of hydrogen-bond donors (Lipinski definition) is 2. The molecule has 1 saturated heterocycles. The smallest absolute Gasteiger partial charge is 0.254 e. The molecule has 0 radical (unpaired) electrons. The molecule has 2 amide bonds. The Morgan fingerprint density at radius 2 is 2.33 bits per heavy atom. The van der Waals surface area contributed by atoms with Crippen molar-refractivity contribution in [2.24, 2.45) is 0 Å². The zero-order chi connectivity index (χ0) is 13.1. The molecule has 0 aromatic heterocycles. The third-order valence-corrected chi connectivity index (χ3v) is 2.96. The van der Waals surface area contributed by atoms with E-state index in [4.69, 9.17) is 0 Å². The van der Waals surface area contributed by atoms with Gasteiger partial charge in [0.1, 0.15) is 5.82 Å². The number of amides is 2. The number of rotatable bonds is 3. The van der Waals surface area contributed by atoms with Gasteiger partial charge in [0.2, 0.25) is 5.91 Å². The predicted molar refractivity (Wildman–Crippen MR) is 64.6 cm³/mol. The Morgan fingerprint density at radius 3 is 2.94 bits per heavy atom. The summed E-state index contributed by atoms with van der Waals surface area (Å²) in [5, 5.41) is 5.37. The maximum atomic E-state index is 13.5. The molecular weight excluding hydrogens is 235 g/mol. The average molecular weight is 250 g/mol. The van der Waals surface area contributed by atoms with Gasteiger partial charge in [0.15, 0.2) is 0 Å². The van der Waals surface area contributed by atoms with Crippen molar-refractivity contribution in [2.45, 2.75) is 25.8 Å². The molecule has 1 aliphatic heterocycles. The van der Waals surface area contributed by atoms with Crippen LogP contribution in [0, 0.1) is 12.7 Å². The van der Waals surface area contributed by atoms with Gasteiger partial charge in [0.05, 0.1) is 5.56 Å². The molecule has 1 atom stereocenters. The second-order valence-electron chi connectivity index (χ2n) is 4.50. The van der Waals surface area contributed by atoms with Crippen molar-refractivity contribution in [1.29, 1.82) is 0 Å². The van der Waals surface area contributed by atoms with Gasteiger partial charge < -0.3 is 10.6 Å². The molecule has 5 heteroatoms. The van der Waals surface area contributed by atoms with E-state index in [0.29, 0.717) is 19.4 Å². The van der Waals surface area contributed by atoms with Crippen LogP contribution >= 0.6 is 0 Å². The fourth-order valence-corrected chi connectivity index (χ4v) is 1.95. The first-order chi connectivity index (χ1) is 8.56. The molecule has 2 rings (SSSR count). The van der Waals surface area contributed by atoms with E-state index in [1.807, 2.05) is 0 Å². The minimum atomic E-state index is -0.525. The van der Waals surface area contributed by atoms with Crippen LogP contribution in [-0.2, 0) is 4.79 Å². The van der Waals surface area contributed by atoms with Crippen LogP contribution in [0.4, 0.5) is 4.39 Å². The number of nitrogens with one attached hydrogen (secondary N) is 2. The number of aryl methyl sites for hydroxylation is 1. The summed E-state index contributed by atoms with van der Waals surface area (Å²) in [4.78, 5) is 22.7. The van der Waals surface area contributed by atoms with E-state index >= 15 is 0 Å². The van der Waals surface area contributed by atoms with Crippen molar-refractivity contribution in [3.63, 3.8) is 0 Å². The Kier molecular flexibility index (Phi) is 3.60. The van der Waals surface area contributed by atoms with E-state index in [1.165, 1.54) is 12.1 Å². The molecule has 0 saturated carbocycles. The van der Waals surface area contributed by atoms with Crippen LogP contribution in [0.2, 0.25) is 0 Å². The summed E-state index contributed by atoms with van der Waals surface area (Å²) in [5.74, 6) is -0.979. The van der Waals surface area contributed by atoms with Gasteiger partial charge in [0, 0.05) is 19.0 Å². The minimum absolute atomic E-state index is 0.00392. The van der Waals surface area contributed by atoms with Crippen LogP contribution in [0.3, 0.4) is 0 Å². The average Bonchev–Trinajstić information content (AvgIpc) is 2.72. The highest BCUT2D eigenvalue weighted by molar-refractivity contribution is 5.94. The lowest BCUT2D eigenvalue weighted by atomic mass is 10.1. The largest absolute Gasteiger partial charge is 0.352 e. The molecule has 0 spiro atoms. The lowest BCUT2D eigenvalue weighted by Gasteiger charge is -2.11. The fraction of sp³-hybridized carbons (Fsp3) is 0.385. The molecule has 0 bridgehead atoms. The van der Waals surface area contributed by atoms with Crippen LogP contribution in [0.25, 0.3) is 0 Å². The summed E-state index contributed by atoms with van der Waals surface area (Å²) in [7, 11) is 0. The second kappa shape index (κ2) is 5.16. The first kappa shape index (κ1) is 12.5. The van der Waals surface area contributed by atoms with Crippen molar-refractivity contribution in [3.8, 4) is 0 Å². The van der Waals surface area contributed by atoms with Gasteiger partial charge in [-0.3, -0.25) is 9.59 Å². The summed E-state index contributed by atoms with van der Waals surface area (Å²) in [6.07, 6.45) is 1.19. The summed E-state index contributed by atoms with van der Waals surface area (Å²) in [6.45, 7) is 2.09. The molecule has 1 aromatic rings. The number of hydrogen-bond acceptors (Lipinski definition) is 2. The van der Waals surface area contributed by atoms with Crippen molar-refractivity contribution in [3.05, 3.63) is 35.1 Å². The van der Waals surface area contributed by atoms with Crippen LogP contribution < -0.4 is 10.6 Å². The monoisotopic (exact) mass is 250 g/mol. The highest BCUT2D eigenvalue weighted by Gasteiger charge is 2.21. The summed E-state index contributed by atoms with van der Waals surface area (Å²) in [5.41, 5.74) is 0.803. The molecule has 1 heterocycles. The maximum absolute atomic E-state index is 13.5. The van der Waals surface area contributed by atoms with E-state index in [2.05, 4.69) is 10.6 Å². The predicted octanol–water partition coefficient (Wildman–Crippen LogP) is 1.14. The van der Waals surface area contributed by atoms with Gasteiger partial charge in [-0.2, -0.15) is 0 Å². The molecule has 1 unspecified atom stereocenters. The third-order valence-electron chi connectivity index (χ3n) is 2.96. The Balaban J connectivity index is 1.93. The van der Waals surface area contributed by atoms with Gasteiger partial charge >= 0.3 is 0 Å². The molecule has 0 aliphatic carbocycles. The van der Waals surface area contributed by atoms with Crippen molar-refractivity contribution in [2.75, 3.05) is 6.54 Å². The second-order valence-corrected chi connectivity index (χ2v) is 4.50. The number of carbonyl (C=O) groups is 2. The van der Waals surface area contributed by atoms with Gasteiger partial charge in [-0.05, 0) is 31.0 Å². The SMILES string of the molecule is Cc1ccc(C(=O)NCC2CCC(=O)N2)c(F)c1. The van der Waals surface area contributed by atoms with Crippen LogP contribution in [-0.4, -0.2) is 24.4 Å². The quantitative estimate of drug-likeness (QED) is 0.845. The van der Waals surface area contributed by atoms with Gasteiger partial charge in [-0.15, -0.1) is 0 Å². The molecule has 1 fully saturated rings. The number of carbonyl (C=O) groups excluding carboxylic acids is 2. The Bertz CT molecular complexity index is 488. The van der Waals surface area contributed by atoms with E-state index in [0.717, 1.165) is 5.56 Å². The van der Waals surface area contributed by atoms with Crippen LogP contribution in [0.5, 0.6) is 0 Å². The topological polar surface area (TPSA) is 58.2 Å². The molecule has 18 heavy (non-hydrogen) atoms. The first-order valence-electron chi connectivity index (χ1n) is 5.90. The number of benzene rings is 1. The highest BCUT2D eigenvalue weighted by atomic mass is 19.1. The van der Waals surface area contributed by atoms with Crippen molar-refractivity contribution < 1.29 is 14.0 Å². The molecular formula is C13H15FN2O2. The van der Waals surface area contributed by atoms with Crippen LogP contribution in [0.1, 0.15) is 28.8 Å². The van der Waals surface area contributed by atoms with Gasteiger partial charge in [-0.1, -0.05) is 6.07 Å². The van der Waals surface area contributed by atoms with Gasteiger partial charge in [0.25, 0.3) is 5.91 Å². The van der Waals surface area contributed by atoms with Crippen LogP contribution in [0.15, 0.2) is 18.2 Å². The van der Waals surface area contributed by atoms with E-state index in [1.54, 1.807) is 13.0 Å². The van der Waals surface area contributed by atoms with Crippen molar-refractivity contribution in [1.82, 2.24) is 10.6 Å². The van der Waals surface area contributed by atoms with E-state index < -0.39 is 11.7 Å². The molecule has 1 aliphatic rings. The first-order valence-corrected chi connectivity index (χ1v) is 5.90. The lowest BCUT2D eigenvalue weighted by molar-refractivity contribution is -0.119. The lowest BCUT2D eigenvalue weighted by Crippen LogP contribution is -2.38. The zero-order valence-electron chi connectivity index (χ0n) is 10.1. The maximum Gasteiger partial charge on any atom is 0.254 e. The molecule has 4 nitrogen and oxygen atoms in total. The van der Waals surface area contributed by atoms with E-state index in [9.17, 15) is 14.0 Å². The van der Waals surface area contributed by atoms with E-state index in [-0.39, 0.29) is 17.5 Å². The zero-order valence-corrected chi connectivity index (χ0v) is 10.1. The Labute approximate surface area is 105 Å². The standard InChI is InChI=1S/C13H15FN2O2/c1-8-2-4-10(11(14)6-8)13(18)15-7-9-3-5-12(17)16-9/h2,4,6,9H,3,5,7H2,1H3,(H,15,18)(H,16,17). The van der Waals surface area contributed by atoms with Crippen molar-refractivity contribution >= 4 is 11.8 Å². The Hall–Kier alpha value is -1.91. The van der Waals surface area contributed by atoms with Gasteiger partial charge in [-0.25, -0.2) is 4.39 Å². The fourth-order valence-electron chi connectivity index (χ4n) is 1.95. The third kappa shape index (κ3) is 2.85. The summed E-state index contributed by atoms with van der Waals surface area (Å²) >= 11 is 0. The summed E-state index contributed by atoms with van der Waals surface area (Å²) < 4.78 is 13.5.